The van der Waals surface area contributed by atoms with Gasteiger partial charge in [-0.1, -0.05) is 18.6 Å². The van der Waals surface area contributed by atoms with Crippen LogP contribution in [0.25, 0.3) is 0 Å². The minimum atomic E-state index is -0.202. The molecule has 2 aromatic rings. The van der Waals surface area contributed by atoms with Gasteiger partial charge in [-0.15, -0.1) is 0 Å². The van der Waals surface area contributed by atoms with Gasteiger partial charge in [-0.05, 0) is 37.1 Å². The van der Waals surface area contributed by atoms with Gasteiger partial charge in [0.1, 0.15) is 11.6 Å². The molecule has 0 aliphatic carbocycles. The molecule has 0 N–H and O–H groups in total. The highest BCUT2D eigenvalue weighted by Crippen LogP contribution is 2.31. The number of hydrogen-bond donors (Lipinski definition) is 0. The van der Waals surface area contributed by atoms with Crippen molar-refractivity contribution in [3.8, 4) is 0 Å². The van der Waals surface area contributed by atoms with E-state index in [1.807, 2.05) is 23.2 Å². The van der Waals surface area contributed by atoms with Crippen molar-refractivity contribution >= 4 is 5.91 Å². The lowest BCUT2D eigenvalue weighted by atomic mass is 9.99. The lowest BCUT2D eigenvalue weighted by molar-refractivity contribution is -0.129. The van der Waals surface area contributed by atoms with E-state index in [-0.39, 0.29) is 17.8 Å². The molecule has 6 heteroatoms. The van der Waals surface area contributed by atoms with Crippen molar-refractivity contribution in [1.82, 2.24) is 19.8 Å². The number of fused-ring (bicyclic) bond motifs is 1. The van der Waals surface area contributed by atoms with Crippen molar-refractivity contribution in [1.29, 1.82) is 0 Å². The van der Waals surface area contributed by atoms with Gasteiger partial charge in [-0.2, -0.15) is 0 Å². The second-order valence-electron chi connectivity index (χ2n) is 7.50. The summed E-state index contributed by atoms with van der Waals surface area (Å²) in [6.45, 7) is 4.72. The summed E-state index contributed by atoms with van der Waals surface area (Å²) in [5, 5.41) is 0. The Bertz CT molecular complexity index is 823. The maximum Gasteiger partial charge on any atom is 0.219 e. The number of nitrogens with zero attached hydrogens (tertiary/aromatic N) is 4. The zero-order valence-corrected chi connectivity index (χ0v) is 15.7. The Balaban J connectivity index is 1.53. The molecule has 1 amide bonds. The summed E-state index contributed by atoms with van der Waals surface area (Å²) in [4.78, 5) is 25.4. The summed E-state index contributed by atoms with van der Waals surface area (Å²) in [7, 11) is 0. The van der Waals surface area contributed by atoms with Gasteiger partial charge in [0.2, 0.25) is 5.91 Å². The van der Waals surface area contributed by atoms with Gasteiger partial charge in [0.15, 0.2) is 0 Å². The third kappa shape index (κ3) is 4.00. The second-order valence-corrected chi connectivity index (χ2v) is 7.50. The number of rotatable bonds is 3. The Morgan fingerprint density at radius 2 is 2.04 bits per heavy atom. The van der Waals surface area contributed by atoms with Crippen molar-refractivity contribution in [3.05, 3.63) is 58.9 Å². The highest BCUT2D eigenvalue weighted by molar-refractivity contribution is 5.73. The Hall–Kier alpha value is -2.34. The lowest BCUT2D eigenvalue weighted by Crippen LogP contribution is -2.36. The fraction of sp³-hybridized carbons (Fsp3) is 0.476. The van der Waals surface area contributed by atoms with Crippen LogP contribution in [0, 0.1) is 5.82 Å². The maximum atomic E-state index is 13.2. The summed E-state index contributed by atoms with van der Waals surface area (Å²) in [6.07, 6.45) is 6.06. The Morgan fingerprint density at radius 3 is 2.81 bits per heavy atom. The Kier molecular flexibility index (Phi) is 5.16. The summed E-state index contributed by atoms with van der Waals surface area (Å²) < 4.78 is 13.2. The molecule has 2 aliphatic rings. The SMILES string of the molecule is CC(=O)N1CCc2nc(C3CCCCN3Cc3ccc(F)cc3)ncc2C1. The van der Waals surface area contributed by atoms with Crippen LogP contribution in [0.3, 0.4) is 0 Å². The molecule has 0 bridgehead atoms. The van der Waals surface area contributed by atoms with Crippen LogP contribution in [-0.2, 0) is 24.3 Å². The van der Waals surface area contributed by atoms with Crippen LogP contribution in [-0.4, -0.2) is 38.8 Å². The molecular weight excluding hydrogens is 343 g/mol. The molecule has 0 spiro atoms. The van der Waals surface area contributed by atoms with Crippen LogP contribution in [0.4, 0.5) is 4.39 Å². The van der Waals surface area contributed by atoms with Gasteiger partial charge in [0.05, 0.1) is 11.7 Å². The largest absolute Gasteiger partial charge is 0.338 e. The van der Waals surface area contributed by atoms with Crippen LogP contribution >= 0.6 is 0 Å². The minimum absolute atomic E-state index is 0.0995. The maximum absolute atomic E-state index is 13.2. The molecule has 3 heterocycles. The molecule has 0 saturated carbocycles. The standard InChI is InChI=1S/C21H25FN4O/c1-15(27)25-11-9-19-17(14-25)12-23-21(24-19)20-4-2-3-10-26(20)13-16-5-7-18(22)8-6-16/h5-8,12,20H,2-4,9-11,13-14H2,1H3. The van der Waals surface area contributed by atoms with E-state index in [4.69, 9.17) is 4.98 Å². The van der Waals surface area contributed by atoms with Gasteiger partial charge in [-0.25, -0.2) is 14.4 Å². The molecule has 1 aromatic heterocycles. The van der Waals surface area contributed by atoms with E-state index in [1.54, 1.807) is 6.92 Å². The van der Waals surface area contributed by atoms with Gasteiger partial charge >= 0.3 is 0 Å². The summed E-state index contributed by atoms with van der Waals surface area (Å²) in [6, 6.07) is 6.94. The molecule has 1 saturated heterocycles. The fourth-order valence-electron chi connectivity index (χ4n) is 4.06. The van der Waals surface area contributed by atoms with E-state index in [2.05, 4.69) is 9.88 Å². The van der Waals surface area contributed by atoms with Crippen molar-refractivity contribution in [2.45, 2.75) is 51.7 Å². The van der Waals surface area contributed by atoms with Crippen molar-refractivity contribution in [2.75, 3.05) is 13.1 Å². The molecule has 5 nitrogen and oxygen atoms in total. The smallest absolute Gasteiger partial charge is 0.219 e. The predicted molar refractivity (Wildman–Crippen MR) is 100 cm³/mol. The number of halogens is 1. The molecular formula is C21H25FN4O. The van der Waals surface area contributed by atoms with Crippen LogP contribution < -0.4 is 0 Å². The van der Waals surface area contributed by atoms with Crippen molar-refractivity contribution in [2.24, 2.45) is 0 Å². The van der Waals surface area contributed by atoms with E-state index in [0.29, 0.717) is 6.54 Å². The third-order valence-electron chi connectivity index (χ3n) is 5.61. The van der Waals surface area contributed by atoms with Gasteiger partial charge in [-0.3, -0.25) is 9.69 Å². The van der Waals surface area contributed by atoms with E-state index in [1.165, 1.54) is 18.6 Å². The number of carbonyl (C=O) groups excluding carboxylic acids is 1. The first kappa shape index (κ1) is 18.0. The number of benzene rings is 1. The van der Waals surface area contributed by atoms with E-state index < -0.39 is 0 Å². The highest BCUT2D eigenvalue weighted by atomic mass is 19.1. The van der Waals surface area contributed by atoms with Crippen molar-refractivity contribution < 1.29 is 9.18 Å². The first-order valence-electron chi connectivity index (χ1n) is 9.69. The number of aromatic nitrogens is 2. The number of piperidine rings is 1. The zero-order chi connectivity index (χ0) is 18.8. The number of hydrogen-bond acceptors (Lipinski definition) is 4. The van der Waals surface area contributed by atoms with Gasteiger partial charge in [0.25, 0.3) is 0 Å². The van der Waals surface area contributed by atoms with Gasteiger partial charge < -0.3 is 4.90 Å². The monoisotopic (exact) mass is 368 g/mol. The molecule has 4 rings (SSSR count). The molecule has 1 aromatic carbocycles. The predicted octanol–water partition coefficient (Wildman–Crippen LogP) is 3.25. The van der Waals surface area contributed by atoms with Gasteiger partial charge in [0, 0.05) is 44.7 Å². The molecule has 0 radical (unpaired) electrons. The number of likely N-dealkylation sites (tertiary alicyclic amines) is 1. The average molecular weight is 368 g/mol. The quantitative estimate of drug-likeness (QED) is 0.835. The fourth-order valence-corrected chi connectivity index (χ4v) is 4.06. The Morgan fingerprint density at radius 1 is 1.22 bits per heavy atom. The third-order valence-corrected chi connectivity index (χ3v) is 5.61. The molecule has 1 unspecified atom stereocenters. The summed E-state index contributed by atoms with van der Waals surface area (Å²) in [5.41, 5.74) is 3.24. The van der Waals surface area contributed by atoms with Crippen molar-refractivity contribution in [3.63, 3.8) is 0 Å². The minimum Gasteiger partial charge on any atom is -0.338 e. The van der Waals surface area contributed by atoms with Crippen LogP contribution in [0.5, 0.6) is 0 Å². The molecule has 27 heavy (non-hydrogen) atoms. The van der Waals surface area contributed by atoms with E-state index in [9.17, 15) is 9.18 Å². The Labute approximate surface area is 159 Å². The first-order valence-corrected chi connectivity index (χ1v) is 9.69. The average Bonchev–Trinajstić information content (AvgIpc) is 2.69. The highest BCUT2D eigenvalue weighted by Gasteiger charge is 2.28. The second kappa shape index (κ2) is 7.72. The molecule has 2 aliphatic heterocycles. The normalized spacial score (nSPS) is 20.4. The lowest BCUT2D eigenvalue weighted by Gasteiger charge is -2.35. The topological polar surface area (TPSA) is 49.3 Å². The van der Waals surface area contributed by atoms with E-state index in [0.717, 1.165) is 61.5 Å². The summed E-state index contributed by atoms with van der Waals surface area (Å²) >= 11 is 0. The van der Waals surface area contributed by atoms with E-state index >= 15 is 0 Å². The first-order chi connectivity index (χ1) is 13.1. The molecule has 1 atom stereocenters. The summed E-state index contributed by atoms with van der Waals surface area (Å²) in [5.74, 6) is 0.779. The van der Waals surface area contributed by atoms with Crippen LogP contribution in [0.2, 0.25) is 0 Å². The number of amides is 1. The van der Waals surface area contributed by atoms with Crippen LogP contribution in [0.1, 0.15) is 54.9 Å². The van der Waals surface area contributed by atoms with Crippen LogP contribution in [0.15, 0.2) is 30.5 Å². The number of carbonyl (C=O) groups is 1. The molecule has 142 valence electrons. The molecule has 1 fully saturated rings. The zero-order valence-electron chi connectivity index (χ0n) is 15.7.